The van der Waals surface area contributed by atoms with E-state index in [-0.39, 0.29) is 48.0 Å². The number of para-hydroxylation sites is 1. The van der Waals surface area contributed by atoms with Gasteiger partial charge in [-0.2, -0.15) is 0 Å². The first-order valence-corrected chi connectivity index (χ1v) is 16.1. The van der Waals surface area contributed by atoms with Crippen molar-refractivity contribution >= 4 is 51.2 Å². The van der Waals surface area contributed by atoms with Crippen LogP contribution in [0.15, 0.2) is 54.6 Å². The molecule has 240 valence electrons. The lowest BCUT2D eigenvalue weighted by Crippen LogP contribution is -2.57. The predicted octanol–water partition coefficient (Wildman–Crippen LogP) is 3.97. The Hall–Kier alpha value is -4.32. The number of hydrogen-bond donors (Lipinski definition) is 4. The number of alkyl carbamates (subject to hydrolysis) is 1. The van der Waals surface area contributed by atoms with Gasteiger partial charge in [0.1, 0.15) is 18.7 Å². The van der Waals surface area contributed by atoms with Crippen molar-refractivity contribution in [3.8, 4) is 0 Å². The number of hydrogen-bond acceptors (Lipinski definition) is 8. The molecule has 4 atom stereocenters. The molecule has 12 heteroatoms. The number of Topliss-reactive ketones (excluding diaryl/α,β-unsaturated/α-hetero) is 1. The third kappa shape index (κ3) is 9.34. The molecule has 0 aliphatic carbocycles. The maximum Gasteiger partial charge on any atom is 0.408 e. The summed E-state index contributed by atoms with van der Waals surface area (Å²) in [5, 5.41) is 11.3. The first-order valence-electron chi connectivity index (χ1n) is 15.3. The zero-order valence-electron chi connectivity index (χ0n) is 26.0. The van der Waals surface area contributed by atoms with Crippen LogP contribution < -0.4 is 21.3 Å². The van der Waals surface area contributed by atoms with Crippen molar-refractivity contribution in [2.24, 2.45) is 17.8 Å². The molecule has 1 fully saturated rings. The van der Waals surface area contributed by atoms with Crippen molar-refractivity contribution < 1.29 is 28.7 Å². The summed E-state index contributed by atoms with van der Waals surface area (Å²) in [5.74, 6) is -2.39. The number of carbonyl (C=O) groups is 5. The summed E-state index contributed by atoms with van der Waals surface area (Å²) in [5.41, 5.74) is 1.48. The number of thiazole rings is 1. The van der Waals surface area contributed by atoms with E-state index in [2.05, 4.69) is 26.3 Å². The van der Waals surface area contributed by atoms with Gasteiger partial charge in [0.2, 0.25) is 23.5 Å². The van der Waals surface area contributed by atoms with Crippen LogP contribution in [-0.2, 0) is 25.7 Å². The zero-order valence-corrected chi connectivity index (χ0v) is 26.8. The first-order chi connectivity index (χ1) is 21.5. The second kappa shape index (κ2) is 15.6. The molecule has 4 amide bonds. The van der Waals surface area contributed by atoms with Gasteiger partial charge in [-0.05, 0) is 48.8 Å². The fourth-order valence-electron chi connectivity index (χ4n) is 5.18. The summed E-state index contributed by atoms with van der Waals surface area (Å²) in [6.07, 6.45) is 0.186. The lowest BCUT2D eigenvalue weighted by atomic mass is 9.94. The molecule has 0 unspecified atom stereocenters. The largest absolute Gasteiger partial charge is 0.445 e. The molecule has 11 nitrogen and oxygen atoms in total. The second-order valence-electron chi connectivity index (χ2n) is 12.0. The summed E-state index contributed by atoms with van der Waals surface area (Å²) >= 11 is 1.23. The van der Waals surface area contributed by atoms with E-state index in [0.29, 0.717) is 18.5 Å². The third-order valence-electron chi connectivity index (χ3n) is 7.60. The molecule has 0 saturated carbocycles. The van der Waals surface area contributed by atoms with Gasteiger partial charge in [0.15, 0.2) is 5.01 Å². The van der Waals surface area contributed by atoms with Crippen LogP contribution in [0.25, 0.3) is 10.2 Å². The van der Waals surface area contributed by atoms with E-state index in [0.717, 1.165) is 10.3 Å². The molecular formula is C33H41N5O6S. The molecule has 0 radical (unpaired) electrons. The van der Waals surface area contributed by atoms with E-state index in [9.17, 15) is 24.0 Å². The number of ether oxygens (including phenoxy) is 1. The quantitative estimate of drug-likeness (QED) is 0.195. The number of rotatable bonds is 14. The monoisotopic (exact) mass is 635 g/mol. The molecule has 0 spiro atoms. The molecule has 4 N–H and O–H groups in total. The Kier molecular flexibility index (Phi) is 11.6. The Morgan fingerprint density at radius 3 is 2.27 bits per heavy atom. The van der Waals surface area contributed by atoms with Crippen LogP contribution >= 0.6 is 11.3 Å². The molecule has 1 saturated heterocycles. The van der Waals surface area contributed by atoms with E-state index >= 15 is 0 Å². The third-order valence-corrected chi connectivity index (χ3v) is 8.65. The summed E-state index contributed by atoms with van der Waals surface area (Å²) in [7, 11) is 0. The first kappa shape index (κ1) is 33.6. The van der Waals surface area contributed by atoms with Gasteiger partial charge < -0.3 is 26.0 Å². The average Bonchev–Trinajstić information content (AvgIpc) is 3.63. The highest BCUT2D eigenvalue weighted by Gasteiger charge is 2.36. The Balaban J connectivity index is 1.48. The van der Waals surface area contributed by atoms with Crippen LogP contribution in [0.3, 0.4) is 0 Å². The van der Waals surface area contributed by atoms with E-state index in [1.807, 2.05) is 68.4 Å². The maximum absolute atomic E-state index is 13.8. The number of nitrogens with one attached hydrogen (secondary N) is 4. The van der Waals surface area contributed by atoms with E-state index in [4.69, 9.17) is 4.74 Å². The second-order valence-corrected chi connectivity index (χ2v) is 13.1. The highest BCUT2D eigenvalue weighted by molar-refractivity contribution is 7.20. The van der Waals surface area contributed by atoms with Crippen LogP contribution in [0.4, 0.5) is 4.79 Å². The van der Waals surface area contributed by atoms with Gasteiger partial charge in [0.05, 0.1) is 16.3 Å². The standard InChI is InChI=1S/C33H41N5O6S/c1-19(2)16-25(36-31(42)27(20(3)4)38-33(43)44-18-21-10-6-5-7-11-21)30(41)35-24(17-22-14-15-34-29(22)40)28(39)32-37-23-12-8-9-13-26(23)45-32/h5-13,19-20,22,24-25,27H,14-18H2,1-4H3,(H,34,40)(H,35,41)(H,36,42)(H,38,43)/t22-,24-,25-,27-/m1/s1. The Labute approximate surface area is 266 Å². The van der Waals surface area contributed by atoms with Crippen LogP contribution in [-0.4, -0.2) is 59.3 Å². The van der Waals surface area contributed by atoms with Crippen molar-refractivity contribution in [3.05, 3.63) is 65.2 Å². The lowest BCUT2D eigenvalue weighted by molar-refractivity contribution is -0.131. The normalized spacial score (nSPS) is 16.6. The zero-order chi connectivity index (χ0) is 32.5. The number of benzene rings is 2. The SMILES string of the molecule is CC(C)C[C@@H](NC(=O)[C@H](NC(=O)OCc1ccccc1)C(C)C)C(=O)N[C@H](C[C@H]1CCNC1=O)C(=O)c1nc2ccccc2s1. The van der Waals surface area contributed by atoms with Crippen LogP contribution in [0, 0.1) is 17.8 Å². The minimum absolute atomic E-state index is 0.0152. The van der Waals surface area contributed by atoms with Gasteiger partial charge in [-0.3, -0.25) is 19.2 Å². The van der Waals surface area contributed by atoms with Gasteiger partial charge in [0, 0.05) is 12.5 Å². The molecule has 4 rings (SSSR count). The highest BCUT2D eigenvalue weighted by atomic mass is 32.1. The van der Waals surface area contributed by atoms with E-state index in [1.54, 1.807) is 13.8 Å². The minimum atomic E-state index is -1.02. The Morgan fingerprint density at radius 2 is 1.62 bits per heavy atom. The topological polar surface area (TPSA) is 156 Å². The molecule has 0 bridgehead atoms. The smallest absolute Gasteiger partial charge is 0.408 e. The van der Waals surface area contributed by atoms with Crippen LogP contribution in [0.5, 0.6) is 0 Å². The van der Waals surface area contributed by atoms with Crippen molar-refractivity contribution in [2.75, 3.05) is 6.54 Å². The van der Waals surface area contributed by atoms with E-state index in [1.165, 1.54) is 11.3 Å². The number of fused-ring (bicyclic) bond motifs is 1. The van der Waals surface area contributed by atoms with Gasteiger partial charge in [-0.25, -0.2) is 9.78 Å². The summed E-state index contributed by atoms with van der Waals surface area (Å²) in [6, 6.07) is 13.5. The fraction of sp³-hybridized carbons (Fsp3) is 0.455. The Morgan fingerprint density at radius 1 is 0.933 bits per heavy atom. The molecule has 3 aromatic rings. The molecule has 1 aliphatic rings. The lowest BCUT2D eigenvalue weighted by Gasteiger charge is -2.27. The Bertz CT molecular complexity index is 1470. The molecule has 2 heterocycles. The molecule has 45 heavy (non-hydrogen) atoms. The number of ketones is 1. The number of amides is 4. The van der Waals surface area contributed by atoms with Gasteiger partial charge in [-0.15, -0.1) is 11.3 Å². The molecular weight excluding hydrogens is 594 g/mol. The number of carbonyl (C=O) groups excluding carboxylic acids is 5. The summed E-state index contributed by atoms with van der Waals surface area (Å²) in [6.45, 7) is 7.93. The van der Waals surface area contributed by atoms with Crippen molar-refractivity contribution in [2.45, 2.75) is 71.7 Å². The summed E-state index contributed by atoms with van der Waals surface area (Å²) in [4.78, 5) is 70.4. The van der Waals surface area contributed by atoms with Crippen molar-refractivity contribution in [1.29, 1.82) is 0 Å². The average molecular weight is 636 g/mol. The number of nitrogens with zero attached hydrogens (tertiary/aromatic N) is 1. The van der Waals surface area contributed by atoms with Crippen LogP contribution in [0.2, 0.25) is 0 Å². The number of aromatic nitrogens is 1. The van der Waals surface area contributed by atoms with Gasteiger partial charge in [-0.1, -0.05) is 70.2 Å². The highest BCUT2D eigenvalue weighted by Crippen LogP contribution is 2.25. The summed E-state index contributed by atoms with van der Waals surface area (Å²) < 4.78 is 6.14. The molecule has 1 aliphatic heterocycles. The maximum atomic E-state index is 13.8. The van der Waals surface area contributed by atoms with Gasteiger partial charge >= 0.3 is 6.09 Å². The van der Waals surface area contributed by atoms with E-state index < -0.39 is 42.0 Å². The van der Waals surface area contributed by atoms with Crippen LogP contribution in [0.1, 0.15) is 62.3 Å². The minimum Gasteiger partial charge on any atom is -0.445 e. The van der Waals surface area contributed by atoms with Crippen molar-refractivity contribution in [1.82, 2.24) is 26.3 Å². The van der Waals surface area contributed by atoms with Crippen molar-refractivity contribution in [3.63, 3.8) is 0 Å². The molecule has 2 aromatic carbocycles. The predicted molar refractivity (Wildman–Crippen MR) is 171 cm³/mol. The molecule has 1 aromatic heterocycles. The van der Waals surface area contributed by atoms with Gasteiger partial charge in [0.25, 0.3) is 0 Å². The fourth-order valence-corrected chi connectivity index (χ4v) is 6.14.